The van der Waals surface area contributed by atoms with Crippen LogP contribution in [0.1, 0.15) is 265 Å². The van der Waals surface area contributed by atoms with E-state index in [4.69, 9.17) is 19.2 Å². The Bertz CT molecular complexity index is 993. The number of hydrogen-bond acceptors (Lipinski definition) is 10. The fraction of sp³-hybridized carbons (Fsp3) is 0.981. The molecule has 0 aromatic carbocycles. The second-order valence-electron chi connectivity index (χ2n) is 19.4. The molecule has 1 saturated heterocycles. The third-order valence-corrected chi connectivity index (χ3v) is 13.2. The third kappa shape index (κ3) is 33.6. The molecule has 0 spiro atoms. The van der Waals surface area contributed by atoms with E-state index in [-0.39, 0.29) is 19.1 Å². The summed E-state index contributed by atoms with van der Waals surface area (Å²) in [5.74, 6) is -0.242. The van der Waals surface area contributed by atoms with Crippen LogP contribution < -0.4 is 5.32 Å². The Morgan fingerprint density at radius 1 is 0.500 bits per heavy atom. The summed E-state index contributed by atoms with van der Waals surface area (Å²) in [7, 11) is 0. The summed E-state index contributed by atoms with van der Waals surface area (Å²) in [5.41, 5.74) is 0. The number of ether oxygens (including phenoxy) is 2. The van der Waals surface area contributed by atoms with Crippen LogP contribution in [0.5, 0.6) is 0 Å². The van der Waals surface area contributed by atoms with Gasteiger partial charge in [-0.15, -0.1) is 0 Å². The average molecular weight is 916 g/mol. The fourth-order valence-electron chi connectivity index (χ4n) is 8.86. The molecule has 1 aliphatic heterocycles. The summed E-state index contributed by atoms with van der Waals surface area (Å²) in [5, 5.41) is 56.9. The monoisotopic (exact) mass is 916 g/mol. The summed E-state index contributed by atoms with van der Waals surface area (Å²) in [6.07, 6.45) is 36.5. The standard InChI is InChI=1S/C53H105NO10/c1-4-7-9-11-13-15-17-19-20-21-22-23-24-25-26-27-28-29-31-33-35-37-39-41-48(56)54-45(43-61-53-52(60)51(59)50(58)47(64-53)44-63-62-42-6-3)49(57)46(55)40-38-36-34-32-30-18-16-14-12-10-8-5-2/h45-47,49-53,55,57-60H,4-44H2,1-3H3,(H,54,56)/t45-,46+,47+,49-,50-,51-,52+,53-/m0/s1. The van der Waals surface area contributed by atoms with Gasteiger partial charge in [0.25, 0.3) is 0 Å². The van der Waals surface area contributed by atoms with Crippen LogP contribution in [0, 0.1) is 0 Å². The van der Waals surface area contributed by atoms with E-state index < -0.39 is 49.0 Å². The molecule has 0 saturated carbocycles. The van der Waals surface area contributed by atoms with Crippen LogP contribution in [0.4, 0.5) is 0 Å². The predicted octanol–water partition coefficient (Wildman–Crippen LogP) is 11.8. The minimum absolute atomic E-state index is 0.203. The molecular weight excluding hydrogens is 811 g/mol. The molecule has 0 unspecified atom stereocenters. The van der Waals surface area contributed by atoms with E-state index in [1.54, 1.807) is 0 Å². The van der Waals surface area contributed by atoms with Gasteiger partial charge in [0, 0.05) is 6.42 Å². The summed E-state index contributed by atoms with van der Waals surface area (Å²) >= 11 is 0. The van der Waals surface area contributed by atoms with Gasteiger partial charge < -0.3 is 40.3 Å². The van der Waals surface area contributed by atoms with Crippen LogP contribution in [-0.2, 0) is 24.0 Å². The number of nitrogens with one attached hydrogen (secondary N) is 1. The molecule has 1 heterocycles. The van der Waals surface area contributed by atoms with E-state index in [0.717, 1.165) is 44.9 Å². The van der Waals surface area contributed by atoms with E-state index in [1.807, 2.05) is 6.92 Å². The molecule has 0 aromatic rings. The quantitative estimate of drug-likeness (QED) is 0.0196. The van der Waals surface area contributed by atoms with Gasteiger partial charge >= 0.3 is 0 Å². The molecule has 64 heavy (non-hydrogen) atoms. The van der Waals surface area contributed by atoms with Crippen molar-refractivity contribution in [3.05, 3.63) is 0 Å². The van der Waals surface area contributed by atoms with Crippen molar-refractivity contribution in [3.63, 3.8) is 0 Å². The number of carbonyl (C=O) groups is 1. The SMILES string of the molecule is CCCCCCCCCCCCCCCCCCCCCCCCCC(=O)N[C@@H](CO[C@H]1O[C@H](COOCCC)[C@H](O)[C@H](O)[C@H]1O)[C@H](O)[C@H](O)CCCCCCCCCCCCCC. The van der Waals surface area contributed by atoms with Gasteiger partial charge in [0.1, 0.15) is 37.1 Å². The van der Waals surface area contributed by atoms with Crippen LogP contribution in [0.15, 0.2) is 0 Å². The Morgan fingerprint density at radius 2 is 0.891 bits per heavy atom. The van der Waals surface area contributed by atoms with E-state index in [0.29, 0.717) is 19.4 Å². The molecule has 0 aromatic heterocycles. The van der Waals surface area contributed by atoms with Gasteiger partial charge in [-0.1, -0.05) is 239 Å². The Balaban J connectivity index is 2.37. The molecule has 8 atom stereocenters. The molecule has 11 heteroatoms. The topological polar surface area (TPSA) is 167 Å². The number of carbonyl (C=O) groups excluding carboxylic acids is 1. The maximum absolute atomic E-state index is 13.2. The molecule has 0 aliphatic carbocycles. The van der Waals surface area contributed by atoms with Crippen molar-refractivity contribution < 1.29 is 49.6 Å². The van der Waals surface area contributed by atoms with E-state index in [9.17, 15) is 30.3 Å². The van der Waals surface area contributed by atoms with Gasteiger partial charge in [0.2, 0.25) is 5.91 Å². The van der Waals surface area contributed by atoms with Crippen molar-refractivity contribution in [1.29, 1.82) is 0 Å². The maximum atomic E-state index is 13.2. The fourth-order valence-corrected chi connectivity index (χ4v) is 8.86. The molecule has 1 rings (SSSR count). The highest BCUT2D eigenvalue weighted by molar-refractivity contribution is 5.76. The van der Waals surface area contributed by atoms with Crippen LogP contribution in [0.2, 0.25) is 0 Å². The lowest BCUT2D eigenvalue weighted by molar-refractivity contribution is -0.349. The summed E-state index contributed by atoms with van der Waals surface area (Å²) < 4.78 is 11.6. The molecule has 11 nitrogen and oxygen atoms in total. The smallest absolute Gasteiger partial charge is 0.220 e. The molecular formula is C53H105NO10. The molecule has 0 bridgehead atoms. The van der Waals surface area contributed by atoms with Crippen LogP contribution in [0.3, 0.4) is 0 Å². The first-order valence-corrected chi connectivity index (χ1v) is 27.5. The van der Waals surface area contributed by atoms with Crippen molar-refractivity contribution in [3.8, 4) is 0 Å². The normalized spacial score (nSPS) is 20.4. The van der Waals surface area contributed by atoms with Gasteiger partial charge in [0.15, 0.2) is 6.29 Å². The van der Waals surface area contributed by atoms with Crippen molar-refractivity contribution in [2.24, 2.45) is 0 Å². The van der Waals surface area contributed by atoms with Crippen molar-refractivity contribution in [1.82, 2.24) is 5.32 Å². The molecule has 1 amide bonds. The Labute approximate surface area is 393 Å². The maximum Gasteiger partial charge on any atom is 0.220 e. The predicted molar refractivity (Wildman–Crippen MR) is 261 cm³/mol. The van der Waals surface area contributed by atoms with Crippen molar-refractivity contribution in [2.45, 2.75) is 314 Å². The number of aliphatic hydroxyl groups excluding tert-OH is 5. The lowest BCUT2D eigenvalue weighted by Crippen LogP contribution is -2.60. The van der Waals surface area contributed by atoms with E-state index >= 15 is 0 Å². The second-order valence-corrected chi connectivity index (χ2v) is 19.4. The highest BCUT2D eigenvalue weighted by Crippen LogP contribution is 2.24. The lowest BCUT2D eigenvalue weighted by atomic mass is 9.98. The zero-order chi connectivity index (χ0) is 46.7. The van der Waals surface area contributed by atoms with Crippen LogP contribution >= 0.6 is 0 Å². The van der Waals surface area contributed by atoms with Gasteiger partial charge in [-0.2, -0.15) is 0 Å². The highest BCUT2D eigenvalue weighted by atomic mass is 17.2. The lowest BCUT2D eigenvalue weighted by Gasteiger charge is -2.40. The number of rotatable bonds is 48. The molecule has 1 fully saturated rings. The third-order valence-electron chi connectivity index (χ3n) is 13.2. The highest BCUT2D eigenvalue weighted by Gasteiger charge is 2.45. The Kier molecular flexibility index (Phi) is 42.6. The first-order chi connectivity index (χ1) is 31.3. The van der Waals surface area contributed by atoms with Crippen molar-refractivity contribution >= 4 is 5.91 Å². The summed E-state index contributed by atoms with van der Waals surface area (Å²) in [6.45, 7) is 6.30. The zero-order valence-corrected chi connectivity index (χ0v) is 41.9. The molecule has 382 valence electrons. The zero-order valence-electron chi connectivity index (χ0n) is 41.9. The summed E-state index contributed by atoms with van der Waals surface area (Å²) in [6, 6.07) is -0.980. The summed E-state index contributed by atoms with van der Waals surface area (Å²) in [4.78, 5) is 23.3. The number of unbranched alkanes of at least 4 members (excludes halogenated alkanes) is 33. The van der Waals surface area contributed by atoms with Crippen molar-refractivity contribution in [2.75, 3.05) is 19.8 Å². The number of aliphatic hydroxyl groups is 5. The van der Waals surface area contributed by atoms with Gasteiger partial charge in [0.05, 0.1) is 25.4 Å². The van der Waals surface area contributed by atoms with Crippen LogP contribution in [0.25, 0.3) is 0 Å². The van der Waals surface area contributed by atoms with Crippen LogP contribution in [-0.4, -0.2) is 100 Å². The first-order valence-electron chi connectivity index (χ1n) is 27.5. The minimum Gasteiger partial charge on any atom is -0.390 e. The largest absolute Gasteiger partial charge is 0.390 e. The first kappa shape index (κ1) is 61.1. The minimum atomic E-state index is -1.59. The Hall–Kier alpha value is -0.890. The number of hydrogen-bond donors (Lipinski definition) is 6. The molecule has 0 radical (unpaired) electrons. The van der Waals surface area contributed by atoms with E-state index in [1.165, 1.54) is 186 Å². The molecule has 6 N–H and O–H groups in total. The van der Waals surface area contributed by atoms with Gasteiger partial charge in [-0.3, -0.25) is 4.79 Å². The second kappa shape index (κ2) is 44.6. The van der Waals surface area contributed by atoms with Gasteiger partial charge in [-0.25, -0.2) is 9.78 Å². The Morgan fingerprint density at radius 3 is 1.30 bits per heavy atom. The molecule has 1 aliphatic rings. The average Bonchev–Trinajstić information content (AvgIpc) is 3.29. The number of amides is 1. The van der Waals surface area contributed by atoms with E-state index in [2.05, 4.69) is 19.2 Å². The van der Waals surface area contributed by atoms with Gasteiger partial charge in [-0.05, 0) is 19.3 Å².